The second kappa shape index (κ2) is 7.87. The van der Waals surface area contributed by atoms with Gasteiger partial charge in [0.2, 0.25) is 5.91 Å². The Labute approximate surface area is 157 Å². The van der Waals surface area contributed by atoms with Crippen molar-refractivity contribution >= 4 is 11.7 Å². The van der Waals surface area contributed by atoms with Crippen LogP contribution in [0.4, 0.5) is 5.82 Å². The minimum Gasteiger partial charge on any atom is -0.310 e. The van der Waals surface area contributed by atoms with Crippen molar-refractivity contribution in [3.8, 4) is 0 Å². The van der Waals surface area contributed by atoms with Crippen molar-refractivity contribution < 1.29 is 4.79 Å². The summed E-state index contributed by atoms with van der Waals surface area (Å²) >= 11 is 0. The third-order valence-corrected chi connectivity index (χ3v) is 4.93. The van der Waals surface area contributed by atoms with Crippen molar-refractivity contribution in [2.75, 3.05) is 18.4 Å². The first-order valence-corrected chi connectivity index (χ1v) is 9.07. The Morgan fingerprint density at radius 2 is 2.07 bits per heavy atom. The molecule has 27 heavy (non-hydrogen) atoms. The lowest BCUT2D eigenvalue weighted by molar-refractivity contribution is -0.121. The van der Waals surface area contributed by atoms with Crippen molar-refractivity contribution in [3.05, 3.63) is 56.5 Å². The van der Waals surface area contributed by atoms with E-state index in [1.807, 2.05) is 19.1 Å². The molecule has 2 aromatic rings. The van der Waals surface area contributed by atoms with Gasteiger partial charge in [-0.2, -0.15) is 0 Å². The van der Waals surface area contributed by atoms with Crippen LogP contribution in [0.15, 0.2) is 34.0 Å². The number of piperidine rings is 1. The zero-order chi connectivity index (χ0) is 19.6. The number of aryl methyl sites for hydroxylation is 2. The van der Waals surface area contributed by atoms with Gasteiger partial charge in [0.05, 0.1) is 5.92 Å². The number of nitrogens with one attached hydrogen (secondary N) is 1. The molecule has 1 fully saturated rings. The van der Waals surface area contributed by atoms with Crippen LogP contribution in [0.25, 0.3) is 0 Å². The van der Waals surface area contributed by atoms with Gasteiger partial charge in [-0.15, -0.1) is 0 Å². The van der Waals surface area contributed by atoms with E-state index < -0.39 is 0 Å². The summed E-state index contributed by atoms with van der Waals surface area (Å²) in [5.74, 6) is 0.354. The molecule has 0 radical (unpaired) electrons. The molecular weight excluding hydrogens is 346 g/mol. The standard InChI is InChI=1S/C19H25N5O3/c1-13-6-4-8-16(20-13)21-17(25)14-7-5-9-24(11-14)12-15-10-22(2)19(27)23(3)18(15)26/h4,6,8,10,14H,5,7,9,11-12H2,1-3H3,(H,20,21,25). The zero-order valence-corrected chi connectivity index (χ0v) is 15.9. The summed E-state index contributed by atoms with van der Waals surface area (Å²) in [7, 11) is 3.11. The van der Waals surface area contributed by atoms with Crippen LogP contribution in [-0.4, -0.2) is 38.0 Å². The van der Waals surface area contributed by atoms with Gasteiger partial charge in [-0.05, 0) is 38.4 Å². The Hall–Kier alpha value is -2.74. The lowest BCUT2D eigenvalue weighted by atomic mass is 9.97. The molecule has 3 rings (SSSR count). The van der Waals surface area contributed by atoms with Gasteiger partial charge in [0, 0.05) is 44.6 Å². The monoisotopic (exact) mass is 371 g/mol. The number of aromatic nitrogens is 3. The van der Waals surface area contributed by atoms with Gasteiger partial charge in [0.25, 0.3) is 5.56 Å². The van der Waals surface area contributed by atoms with Crippen molar-refractivity contribution in [3.63, 3.8) is 0 Å². The van der Waals surface area contributed by atoms with E-state index in [4.69, 9.17) is 0 Å². The number of nitrogens with zero attached hydrogens (tertiary/aromatic N) is 4. The van der Waals surface area contributed by atoms with E-state index in [1.54, 1.807) is 19.3 Å². The largest absolute Gasteiger partial charge is 0.330 e. The average molecular weight is 371 g/mol. The summed E-state index contributed by atoms with van der Waals surface area (Å²) in [6, 6.07) is 5.52. The maximum Gasteiger partial charge on any atom is 0.330 e. The van der Waals surface area contributed by atoms with Crippen LogP contribution in [0, 0.1) is 12.8 Å². The Kier molecular flexibility index (Phi) is 5.55. The smallest absolute Gasteiger partial charge is 0.310 e. The van der Waals surface area contributed by atoms with Crippen LogP contribution in [0.3, 0.4) is 0 Å². The Balaban J connectivity index is 1.69. The third-order valence-electron chi connectivity index (χ3n) is 4.93. The number of carbonyl (C=O) groups excluding carboxylic acids is 1. The minimum absolute atomic E-state index is 0.0498. The zero-order valence-electron chi connectivity index (χ0n) is 15.9. The van der Waals surface area contributed by atoms with Crippen molar-refractivity contribution in [1.29, 1.82) is 0 Å². The number of anilines is 1. The highest BCUT2D eigenvalue weighted by atomic mass is 16.2. The van der Waals surface area contributed by atoms with Crippen LogP contribution in [0.1, 0.15) is 24.1 Å². The summed E-state index contributed by atoms with van der Waals surface area (Å²) in [6.07, 6.45) is 3.27. The van der Waals surface area contributed by atoms with E-state index in [9.17, 15) is 14.4 Å². The number of hydrogen-bond donors (Lipinski definition) is 1. The molecular formula is C19H25N5O3. The molecule has 0 bridgehead atoms. The van der Waals surface area contributed by atoms with E-state index in [1.165, 1.54) is 11.6 Å². The molecule has 1 atom stereocenters. The summed E-state index contributed by atoms with van der Waals surface area (Å²) in [5, 5.41) is 2.89. The van der Waals surface area contributed by atoms with Crippen LogP contribution in [0.5, 0.6) is 0 Å². The fraction of sp³-hybridized carbons (Fsp3) is 0.474. The van der Waals surface area contributed by atoms with Crippen molar-refractivity contribution in [2.24, 2.45) is 20.0 Å². The normalized spacial score (nSPS) is 17.7. The number of amides is 1. The predicted molar refractivity (Wildman–Crippen MR) is 103 cm³/mol. The van der Waals surface area contributed by atoms with Crippen LogP contribution in [-0.2, 0) is 25.4 Å². The van der Waals surface area contributed by atoms with Gasteiger partial charge in [-0.1, -0.05) is 6.07 Å². The highest BCUT2D eigenvalue weighted by Gasteiger charge is 2.26. The van der Waals surface area contributed by atoms with Gasteiger partial charge in [-0.3, -0.25) is 19.1 Å². The molecule has 1 unspecified atom stereocenters. The summed E-state index contributed by atoms with van der Waals surface area (Å²) < 4.78 is 2.53. The summed E-state index contributed by atoms with van der Waals surface area (Å²) in [5.41, 5.74) is 0.781. The van der Waals surface area contributed by atoms with Crippen LogP contribution < -0.4 is 16.6 Å². The van der Waals surface area contributed by atoms with Crippen molar-refractivity contribution in [2.45, 2.75) is 26.3 Å². The number of hydrogen-bond acceptors (Lipinski definition) is 5. The molecule has 144 valence electrons. The van der Waals surface area contributed by atoms with Crippen molar-refractivity contribution in [1.82, 2.24) is 19.0 Å². The molecule has 0 aromatic carbocycles. The first-order valence-electron chi connectivity index (χ1n) is 9.07. The third kappa shape index (κ3) is 4.33. The highest BCUT2D eigenvalue weighted by molar-refractivity contribution is 5.91. The van der Waals surface area contributed by atoms with E-state index in [2.05, 4.69) is 15.2 Å². The van der Waals surface area contributed by atoms with E-state index in [-0.39, 0.29) is 23.1 Å². The molecule has 3 heterocycles. The quantitative estimate of drug-likeness (QED) is 0.852. The van der Waals surface area contributed by atoms with Gasteiger partial charge >= 0.3 is 5.69 Å². The number of likely N-dealkylation sites (tertiary alicyclic amines) is 1. The van der Waals surface area contributed by atoms with E-state index >= 15 is 0 Å². The molecule has 8 heteroatoms. The first-order chi connectivity index (χ1) is 12.8. The van der Waals surface area contributed by atoms with Gasteiger partial charge in [-0.25, -0.2) is 9.78 Å². The lowest BCUT2D eigenvalue weighted by Crippen LogP contribution is -2.43. The molecule has 1 N–H and O–H groups in total. The molecule has 1 amide bonds. The summed E-state index contributed by atoms with van der Waals surface area (Å²) in [6.45, 7) is 3.70. The molecule has 8 nitrogen and oxygen atoms in total. The first kappa shape index (κ1) is 19.0. The highest BCUT2D eigenvalue weighted by Crippen LogP contribution is 2.19. The molecule has 1 aliphatic heterocycles. The fourth-order valence-corrected chi connectivity index (χ4v) is 3.49. The Bertz CT molecular complexity index is 963. The van der Waals surface area contributed by atoms with Gasteiger partial charge in [0.15, 0.2) is 0 Å². The molecule has 0 saturated carbocycles. The lowest BCUT2D eigenvalue weighted by Gasteiger charge is -2.31. The van der Waals surface area contributed by atoms with Crippen LogP contribution in [0.2, 0.25) is 0 Å². The van der Waals surface area contributed by atoms with Crippen LogP contribution >= 0.6 is 0 Å². The maximum atomic E-state index is 12.6. The topological polar surface area (TPSA) is 89.2 Å². The van der Waals surface area contributed by atoms with E-state index in [0.29, 0.717) is 24.5 Å². The Morgan fingerprint density at radius 1 is 1.30 bits per heavy atom. The number of rotatable bonds is 4. The molecule has 1 aliphatic rings. The molecule has 1 saturated heterocycles. The average Bonchev–Trinajstić information content (AvgIpc) is 2.64. The molecule has 0 aliphatic carbocycles. The minimum atomic E-state index is -0.342. The SMILES string of the molecule is Cc1cccc(NC(=O)C2CCCN(Cc3cn(C)c(=O)n(C)c3=O)C2)n1. The number of pyridine rings is 1. The maximum absolute atomic E-state index is 12.6. The molecule has 0 spiro atoms. The predicted octanol–water partition coefficient (Wildman–Crippen LogP) is 0.638. The van der Waals surface area contributed by atoms with Gasteiger partial charge < -0.3 is 9.88 Å². The van der Waals surface area contributed by atoms with Gasteiger partial charge in [0.1, 0.15) is 5.82 Å². The second-order valence-electron chi connectivity index (χ2n) is 7.14. The molecule has 2 aromatic heterocycles. The van der Waals surface area contributed by atoms with E-state index in [0.717, 1.165) is 29.6 Å². The Morgan fingerprint density at radius 3 is 2.81 bits per heavy atom. The number of carbonyl (C=O) groups is 1. The fourth-order valence-electron chi connectivity index (χ4n) is 3.49. The second-order valence-corrected chi connectivity index (χ2v) is 7.14. The summed E-state index contributed by atoms with van der Waals surface area (Å²) in [4.78, 5) is 43.2.